The summed E-state index contributed by atoms with van der Waals surface area (Å²) in [7, 11) is 5.82. The lowest BCUT2D eigenvalue weighted by atomic mass is 9.67. The fourth-order valence-electron chi connectivity index (χ4n) is 2.91. The van der Waals surface area contributed by atoms with Crippen molar-refractivity contribution in [1.29, 1.82) is 0 Å². The van der Waals surface area contributed by atoms with Crippen molar-refractivity contribution >= 4 is 5.96 Å². The molecule has 0 saturated heterocycles. The predicted octanol–water partition coefficient (Wildman–Crippen LogP) is 2.09. The lowest BCUT2D eigenvalue weighted by Gasteiger charge is -2.42. The van der Waals surface area contributed by atoms with Crippen LogP contribution in [-0.2, 0) is 4.74 Å². The normalized spacial score (nSPS) is 17.4. The van der Waals surface area contributed by atoms with Gasteiger partial charge in [-0.2, -0.15) is 0 Å². The van der Waals surface area contributed by atoms with Crippen LogP contribution in [0.1, 0.15) is 45.4 Å². The largest absolute Gasteiger partial charge is 0.385 e. The Hall–Kier alpha value is -0.810. The molecular weight excluding hydrogens is 276 g/mol. The molecule has 1 aliphatic rings. The van der Waals surface area contributed by atoms with Gasteiger partial charge in [-0.25, -0.2) is 0 Å². The molecule has 0 amide bonds. The van der Waals surface area contributed by atoms with Crippen molar-refractivity contribution in [2.45, 2.75) is 45.4 Å². The van der Waals surface area contributed by atoms with Gasteiger partial charge in [0.25, 0.3) is 0 Å². The van der Waals surface area contributed by atoms with Gasteiger partial charge in [0.1, 0.15) is 0 Å². The van der Waals surface area contributed by atoms with Crippen LogP contribution in [0.5, 0.6) is 0 Å². The quantitative estimate of drug-likeness (QED) is 0.453. The molecule has 0 aromatic carbocycles. The Balaban J connectivity index is 2.22. The molecule has 130 valence electrons. The van der Waals surface area contributed by atoms with E-state index in [1.54, 1.807) is 7.11 Å². The van der Waals surface area contributed by atoms with E-state index in [0.29, 0.717) is 5.41 Å². The van der Waals surface area contributed by atoms with Crippen LogP contribution in [-0.4, -0.2) is 64.9 Å². The monoisotopic (exact) mass is 312 g/mol. The lowest BCUT2D eigenvalue weighted by Crippen LogP contribution is -2.48. The zero-order valence-corrected chi connectivity index (χ0v) is 15.1. The number of nitrogens with zero attached hydrogens (tertiary/aromatic N) is 2. The molecule has 5 heteroatoms. The van der Waals surface area contributed by atoms with Crippen molar-refractivity contribution in [1.82, 2.24) is 15.5 Å². The topological polar surface area (TPSA) is 48.9 Å². The number of hydrogen-bond donors (Lipinski definition) is 2. The molecule has 0 radical (unpaired) electrons. The highest BCUT2D eigenvalue weighted by atomic mass is 16.5. The van der Waals surface area contributed by atoms with E-state index in [2.05, 4.69) is 34.5 Å². The summed E-state index contributed by atoms with van der Waals surface area (Å²) in [6.45, 7) is 7.25. The third kappa shape index (κ3) is 6.97. The summed E-state index contributed by atoms with van der Waals surface area (Å²) in [5.74, 6) is 0.924. The second-order valence-corrected chi connectivity index (χ2v) is 6.61. The third-order valence-electron chi connectivity index (χ3n) is 4.78. The van der Waals surface area contributed by atoms with Crippen molar-refractivity contribution in [2.75, 3.05) is 54.0 Å². The van der Waals surface area contributed by atoms with E-state index in [-0.39, 0.29) is 0 Å². The minimum Gasteiger partial charge on any atom is -0.385 e. The Kier molecular flexibility index (Phi) is 9.48. The molecule has 0 aliphatic heterocycles. The first-order valence-electron chi connectivity index (χ1n) is 8.78. The molecule has 0 spiro atoms. The summed E-state index contributed by atoms with van der Waals surface area (Å²) in [4.78, 5) is 6.70. The van der Waals surface area contributed by atoms with E-state index in [0.717, 1.165) is 38.6 Å². The van der Waals surface area contributed by atoms with Crippen molar-refractivity contribution in [3.8, 4) is 0 Å². The fraction of sp³-hybridized carbons (Fsp3) is 0.941. The molecule has 0 bridgehead atoms. The first kappa shape index (κ1) is 19.2. The number of rotatable bonds is 11. The maximum atomic E-state index is 5.25. The molecule has 1 aliphatic carbocycles. The zero-order valence-electron chi connectivity index (χ0n) is 15.1. The molecule has 0 heterocycles. The second-order valence-electron chi connectivity index (χ2n) is 6.61. The highest BCUT2D eigenvalue weighted by Crippen LogP contribution is 2.43. The first-order valence-corrected chi connectivity index (χ1v) is 8.78. The maximum absolute atomic E-state index is 5.25. The van der Waals surface area contributed by atoms with Crippen molar-refractivity contribution in [3.63, 3.8) is 0 Å². The van der Waals surface area contributed by atoms with Gasteiger partial charge in [0.05, 0.1) is 0 Å². The summed E-state index contributed by atoms with van der Waals surface area (Å²) in [6, 6.07) is 0. The average Bonchev–Trinajstić information content (AvgIpc) is 2.49. The Morgan fingerprint density at radius 3 is 2.59 bits per heavy atom. The summed E-state index contributed by atoms with van der Waals surface area (Å²) in [5.41, 5.74) is 0.422. The lowest BCUT2D eigenvalue weighted by molar-refractivity contribution is 0.0732. The molecule has 5 nitrogen and oxygen atoms in total. The van der Waals surface area contributed by atoms with Crippen LogP contribution in [0.15, 0.2) is 4.99 Å². The van der Waals surface area contributed by atoms with Crippen molar-refractivity contribution in [2.24, 2.45) is 10.4 Å². The SMILES string of the molecule is CCCCN(C)CCNC(=NC)NCC1(CCOC)CCC1. The highest BCUT2D eigenvalue weighted by molar-refractivity contribution is 5.79. The van der Waals surface area contributed by atoms with Crippen molar-refractivity contribution < 1.29 is 4.74 Å². The summed E-state index contributed by atoms with van der Waals surface area (Å²) >= 11 is 0. The molecule has 0 unspecified atom stereocenters. The Morgan fingerprint density at radius 2 is 2.05 bits per heavy atom. The van der Waals surface area contributed by atoms with Gasteiger partial charge >= 0.3 is 0 Å². The molecule has 1 fully saturated rings. The fourth-order valence-corrected chi connectivity index (χ4v) is 2.91. The van der Waals surface area contributed by atoms with Crippen LogP contribution >= 0.6 is 0 Å². The first-order chi connectivity index (χ1) is 10.7. The molecule has 0 aromatic heterocycles. The van der Waals surface area contributed by atoms with Gasteiger partial charge in [0, 0.05) is 40.4 Å². The highest BCUT2D eigenvalue weighted by Gasteiger charge is 2.36. The smallest absolute Gasteiger partial charge is 0.191 e. The Morgan fingerprint density at radius 1 is 1.27 bits per heavy atom. The minimum absolute atomic E-state index is 0.422. The van der Waals surface area contributed by atoms with Gasteiger partial charge in [-0.3, -0.25) is 4.99 Å². The maximum Gasteiger partial charge on any atom is 0.191 e. The van der Waals surface area contributed by atoms with Gasteiger partial charge in [-0.05, 0) is 44.7 Å². The summed E-state index contributed by atoms with van der Waals surface area (Å²) in [6.07, 6.45) is 7.63. The number of likely N-dealkylation sites (N-methyl/N-ethyl adjacent to an activating group) is 1. The Labute approximate surface area is 136 Å². The number of guanidine groups is 1. The van der Waals surface area contributed by atoms with E-state index in [9.17, 15) is 0 Å². The minimum atomic E-state index is 0.422. The number of hydrogen-bond acceptors (Lipinski definition) is 3. The van der Waals surface area contributed by atoms with Crippen LogP contribution in [0.2, 0.25) is 0 Å². The van der Waals surface area contributed by atoms with E-state index in [1.807, 2.05) is 7.05 Å². The van der Waals surface area contributed by atoms with Crippen LogP contribution in [0.4, 0.5) is 0 Å². The second kappa shape index (κ2) is 10.8. The van der Waals surface area contributed by atoms with E-state index < -0.39 is 0 Å². The molecule has 1 rings (SSSR count). The third-order valence-corrected chi connectivity index (χ3v) is 4.78. The molecular formula is C17H36N4O. The average molecular weight is 313 g/mol. The molecule has 1 saturated carbocycles. The van der Waals surface area contributed by atoms with Gasteiger partial charge in [0.15, 0.2) is 5.96 Å². The summed E-state index contributed by atoms with van der Waals surface area (Å²) in [5, 5.41) is 6.92. The van der Waals surface area contributed by atoms with Crippen LogP contribution in [0, 0.1) is 5.41 Å². The number of methoxy groups -OCH3 is 1. The van der Waals surface area contributed by atoms with Crippen LogP contribution in [0.25, 0.3) is 0 Å². The van der Waals surface area contributed by atoms with Gasteiger partial charge in [-0.15, -0.1) is 0 Å². The molecule has 22 heavy (non-hydrogen) atoms. The zero-order chi connectivity index (χ0) is 16.3. The summed E-state index contributed by atoms with van der Waals surface area (Å²) < 4.78 is 5.25. The van der Waals surface area contributed by atoms with Gasteiger partial charge in [0.2, 0.25) is 0 Å². The van der Waals surface area contributed by atoms with Crippen molar-refractivity contribution in [3.05, 3.63) is 0 Å². The predicted molar refractivity (Wildman–Crippen MR) is 94.5 cm³/mol. The van der Waals surface area contributed by atoms with E-state index >= 15 is 0 Å². The van der Waals surface area contributed by atoms with E-state index in [4.69, 9.17) is 4.74 Å². The van der Waals surface area contributed by atoms with Crippen LogP contribution < -0.4 is 10.6 Å². The molecule has 0 atom stereocenters. The number of ether oxygens (including phenoxy) is 1. The number of nitrogens with one attached hydrogen (secondary N) is 2. The van der Waals surface area contributed by atoms with Crippen LogP contribution in [0.3, 0.4) is 0 Å². The molecule has 0 aromatic rings. The standard InChI is InChI=1S/C17H36N4O/c1-5-6-12-21(3)13-11-19-16(18-2)20-15-17(8-7-9-17)10-14-22-4/h5-15H2,1-4H3,(H2,18,19,20). The van der Waals surface area contributed by atoms with Gasteiger partial charge in [-0.1, -0.05) is 19.8 Å². The number of unbranched alkanes of at least 4 members (excludes halogenated alkanes) is 1. The Bertz CT molecular complexity index is 316. The number of aliphatic imine (C=N–C) groups is 1. The molecule has 2 N–H and O–H groups in total. The van der Waals surface area contributed by atoms with E-state index in [1.165, 1.54) is 38.6 Å². The van der Waals surface area contributed by atoms with Gasteiger partial charge < -0.3 is 20.3 Å².